The molecule has 1 saturated heterocycles. The van der Waals surface area contributed by atoms with Crippen molar-refractivity contribution in [3.63, 3.8) is 0 Å². The summed E-state index contributed by atoms with van der Waals surface area (Å²) in [4.78, 5) is 40.0. The molecule has 1 fully saturated rings. The molecule has 3 aliphatic rings. The molecule has 1 heterocycles. The molecule has 0 spiro atoms. The number of phenolic OH excluding ortho intramolecular Hbond substituents is 2. The SMILES string of the molecule is CCC(=O)[C@]1(O)Cc2c(O)c3c(c(O)c2[C@@H](OC2CC(N)C(OCc4ccccc4)C(C)O2)C1)C(=O)c1ccccc1C3=O.Cl. The molecule has 0 bridgehead atoms. The number of hydrogen-bond donors (Lipinski definition) is 4. The molecule has 6 rings (SSSR count). The van der Waals surface area contributed by atoms with E-state index in [9.17, 15) is 29.7 Å². The lowest BCUT2D eigenvalue weighted by atomic mass is 9.71. The Balaban J connectivity index is 0.00000400. The lowest BCUT2D eigenvalue weighted by Gasteiger charge is -2.43. The normalized spacial score (nSPS) is 27.2. The van der Waals surface area contributed by atoms with E-state index in [4.69, 9.17) is 19.9 Å². The first-order valence-electron chi connectivity index (χ1n) is 14.8. The van der Waals surface area contributed by atoms with Crippen molar-refractivity contribution in [1.29, 1.82) is 0 Å². The highest BCUT2D eigenvalue weighted by Gasteiger charge is 2.49. The van der Waals surface area contributed by atoms with Crippen molar-refractivity contribution in [2.75, 3.05) is 0 Å². The first-order valence-corrected chi connectivity index (χ1v) is 14.8. The summed E-state index contributed by atoms with van der Waals surface area (Å²) in [7, 11) is 0. The molecule has 1 aliphatic heterocycles. The molecule has 238 valence electrons. The quantitative estimate of drug-likeness (QED) is 0.217. The van der Waals surface area contributed by atoms with Gasteiger partial charge in [-0.1, -0.05) is 61.5 Å². The first-order chi connectivity index (χ1) is 21.0. The fourth-order valence-corrected chi connectivity index (χ4v) is 6.71. The Morgan fingerprint density at radius 3 is 2.20 bits per heavy atom. The Morgan fingerprint density at radius 2 is 1.60 bits per heavy atom. The predicted molar refractivity (Wildman–Crippen MR) is 165 cm³/mol. The maximum atomic E-state index is 13.6. The van der Waals surface area contributed by atoms with Gasteiger partial charge >= 0.3 is 0 Å². The molecule has 10 nitrogen and oxygen atoms in total. The Bertz CT molecular complexity index is 1630. The highest BCUT2D eigenvalue weighted by molar-refractivity contribution is 6.30. The zero-order chi connectivity index (χ0) is 31.3. The molecule has 0 saturated carbocycles. The van der Waals surface area contributed by atoms with Crippen LogP contribution in [-0.2, 0) is 32.0 Å². The van der Waals surface area contributed by atoms with Gasteiger partial charge in [-0.05, 0) is 12.5 Å². The van der Waals surface area contributed by atoms with Crippen molar-refractivity contribution < 1.29 is 43.9 Å². The van der Waals surface area contributed by atoms with Gasteiger partial charge in [0.05, 0.1) is 36.0 Å². The van der Waals surface area contributed by atoms with Crippen molar-refractivity contribution in [2.45, 2.75) is 82.4 Å². The largest absolute Gasteiger partial charge is 0.507 e. The smallest absolute Gasteiger partial charge is 0.198 e. The van der Waals surface area contributed by atoms with E-state index < -0.39 is 65.1 Å². The number of ether oxygens (including phenoxy) is 3. The molecular formula is C34H36ClNO9. The van der Waals surface area contributed by atoms with Gasteiger partial charge in [0.1, 0.15) is 17.1 Å². The van der Waals surface area contributed by atoms with E-state index in [-0.39, 0.29) is 71.5 Å². The molecular weight excluding hydrogens is 602 g/mol. The average Bonchev–Trinajstić information content (AvgIpc) is 3.01. The maximum Gasteiger partial charge on any atom is 0.198 e. The van der Waals surface area contributed by atoms with Crippen molar-refractivity contribution in [2.24, 2.45) is 5.73 Å². The Labute approximate surface area is 266 Å². The fraction of sp³-hybridized carbons (Fsp3) is 0.382. The molecule has 45 heavy (non-hydrogen) atoms. The van der Waals surface area contributed by atoms with Gasteiger partial charge in [-0.3, -0.25) is 14.4 Å². The van der Waals surface area contributed by atoms with Crippen molar-refractivity contribution >= 4 is 29.8 Å². The van der Waals surface area contributed by atoms with Crippen LogP contribution in [0.3, 0.4) is 0 Å². The molecule has 6 atom stereocenters. The number of Topliss-reactive ketones (excluding diaryl/α,β-unsaturated/α-hetero) is 1. The van der Waals surface area contributed by atoms with E-state index >= 15 is 0 Å². The van der Waals surface area contributed by atoms with Crippen LogP contribution < -0.4 is 5.73 Å². The first kappa shape index (κ1) is 32.7. The van der Waals surface area contributed by atoms with Gasteiger partial charge in [0, 0.05) is 54.0 Å². The van der Waals surface area contributed by atoms with Crippen LogP contribution >= 0.6 is 12.4 Å². The minimum absolute atomic E-state index is 0. The van der Waals surface area contributed by atoms with Crippen molar-refractivity contribution in [1.82, 2.24) is 0 Å². The zero-order valence-corrected chi connectivity index (χ0v) is 25.7. The number of phenols is 2. The summed E-state index contributed by atoms with van der Waals surface area (Å²) < 4.78 is 18.5. The minimum Gasteiger partial charge on any atom is -0.507 e. The number of ketones is 3. The number of nitrogens with two attached hydrogens (primary N) is 1. The number of rotatable bonds is 7. The van der Waals surface area contributed by atoms with E-state index in [1.54, 1.807) is 26.0 Å². The van der Waals surface area contributed by atoms with E-state index in [2.05, 4.69) is 0 Å². The van der Waals surface area contributed by atoms with Gasteiger partial charge in [0.15, 0.2) is 23.6 Å². The standard InChI is InChI=1S/C34H35NO9.ClH/c1-3-24(36)34(41)14-21-26(32(40)28-27(31(21)39)29(37)19-11-7-8-12-20(19)30(28)38)23(15-34)44-25-13-22(35)33(17(2)43-25)42-16-18-9-5-4-6-10-18;/h4-12,17,22-23,25,33,39-41H,3,13-16,35H2,1-2H3;1H/t17?,22?,23-,25?,33?,34-;/m0./s1. The van der Waals surface area contributed by atoms with Crippen LogP contribution in [0.25, 0.3) is 0 Å². The lowest BCUT2D eigenvalue weighted by Crippen LogP contribution is -2.53. The van der Waals surface area contributed by atoms with Gasteiger partial charge in [0.25, 0.3) is 0 Å². The van der Waals surface area contributed by atoms with Crippen LogP contribution in [0.1, 0.15) is 87.7 Å². The number of aromatic hydroxyl groups is 2. The number of hydrogen-bond acceptors (Lipinski definition) is 10. The number of carbonyl (C=O) groups excluding carboxylic acids is 3. The molecule has 0 amide bonds. The number of aliphatic hydroxyl groups is 1. The number of carbonyl (C=O) groups is 3. The van der Waals surface area contributed by atoms with Crippen LogP contribution in [0.4, 0.5) is 0 Å². The van der Waals surface area contributed by atoms with E-state index in [1.165, 1.54) is 12.1 Å². The lowest BCUT2D eigenvalue weighted by molar-refractivity contribution is -0.254. The van der Waals surface area contributed by atoms with Gasteiger partial charge in [0.2, 0.25) is 0 Å². The van der Waals surface area contributed by atoms with Crippen LogP contribution in [-0.4, -0.2) is 62.8 Å². The second-order valence-corrected chi connectivity index (χ2v) is 11.8. The van der Waals surface area contributed by atoms with Crippen molar-refractivity contribution in [3.8, 4) is 11.5 Å². The molecule has 11 heteroatoms. The third kappa shape index (κ3) is 5.67. The van der Waals surface area contributed by atoms with E-state index in [0.29, 0.717) is 6.61 Å². The van der Waals surface area contributed by atoms with Gasteiger partial charge in [-0.25, -0.2) is 0 Å². The molecule has 5 N–H and O–H groups in total. The number of halogens is 1. The second kappa shape index (κ2) is 12.6. The topological polar surface area (TPSA) is 166 Å². The molecule has 4 unspecified atom stereocenters. The fourth-order valence-electron chi connectivity index (χ4n) is 6.71. The number of fused-ring (bicyclic) bond motifs is 3. The summed E-state index contributed by atoms with van der Waals surface area (Å²) in [6.07, 6.45) is -3.49. The van der Waals surface area contributed by atoms with Crippen LogP contribution in [0, 0.1) is 0 Å². The average molecular weight is 638 g/mol. The van der Waals surface area contributed by atoms with E-state index in [1.807, 2.05) is 30.3 Å². The van der Waals surface area contributed by atoms with Crippen LogP contribution in [0.2, 0.25) is 0 Å². The third-order valence-corrected chi connectivity index (χ3v) is 8.93. The minimum atomic E-state index is -1.96. The van der Waals surface area contributed by atoms with Crippen LogP contribution in [0.5, 0.6) is 11.5 Å². The summed E-state index contributed by atoms with van der Waals surface area (Å²) >= 11 is 0. The van der Waals surface area contributed by atoms with Gasteiger partial charge < -0.3 is 35.3 Å². The highest BCUT2D eigenvalue weighted by Crippen LogP contribution is 2.52. The highest BCUT2D eigenvalue weighted by atomic mass is 35.5. The Morgan fingerprint density at radius 1 is 1.00 bits per heavy atom. The van der Waals surface area contributed by atoms with Gasteiger partial charge in [-0.2, -0.15) is 0 Å². The zero-order valence-electron chi connectivity index (χ0n) is 24.9. The van der Waals surface area contributed by atoms with Gasteiger partial charge in [-0.15, -0.1) is 12.4 Å². The molecule has 0 radical (unpaired) electrons. The molecule has 3 aromatic rings. The summed E-state index contributed by atoms with van der Waals surface area (Å²) in [5.41, 5.74) is 5.02. The number of benzene rings is 3. The van der Waals surface area contributed by atoms with Crippen LogP contribution in [0.15, 0.2) is 54.6 Å². The van der Waals surface area contributed by atoms with E-state index in [0.717, 1.165) is 5.56 Å². The molecule has 2 aliphatic carbocycles. The summed E-state index contributed by atoms with van der Waals surface area (Å²) in [6.45, 7) is 3.75. The molecule has 3 aromatic carbocycles. The Kier molecular flexibility index (Phi) is 9.19. The third-order valence-electron chi connectivity index (χ3n) is 8.93. The molecule has 0 aromatic heterocycles. The Hall–Kier alpha value is -3.64. The maximum absolute atomic E-state index is 13.6. The predicted octanol–water partition coefficient (Wildman–Crippen LogP) is 4.06. The summed E-state index contributed by atoms with van der Waals surface area (Å²) in [5, 5.41) is 34.6. The summed E-state index contributed by atoms with van der Waals surface area (Å²) in [5.74, 6) is -2.87. The summed E-state index contributed by atoms with van der Waals surface area (Å²) in [6, 6.07) is 15.3. The van der Waals surface area contributed by atoms with Crippen molar-refractivity contribution in [3.05, 3.63) is 93.5 Å². The second-order valence-electron chi connectivity index (χ2n) is 11.8. The monoisotopic (exact) mass is 637 g/mol.